The third-order valence-electron chi connectivity index (χ3n) is 5.89. The van der Waals surface area contributed by atoms with Crippen molar-refractivity contribution in [3.63, 3.8) is 0 Å². The van der Waals surface area contributed by atoms with Gasteiger partial charge in [0.15, 0.2) is 11.6 Å². The van der Waals surface area contributed by atoms with Crippen molar-refractivity contribution in [3.8, 4) is 22.5 Å². The Morgan fingerprint density at radius 3 is 2.71 bits per heavy atom. The van der Waals surface area contributed by atoms with Crippen LogP contribution in [0.15, 0.2) is 48.8 Å². The summed E-state index contributed by atoms with van der Waals surface area (Å²) >= 11 is 0. The van der Waals surface area contributed by atoms with E-state index < -0.39 is 11.6 Å². The van der Waals surface area contributed by atoms with Crippen molar-refractivity contribution < 1.29 is 8.78 Å². The van der Waals surface area contributed by atoms with Crippen LogP contribution in [0.5, 0.6) is 0 Å². The van der Waals surface area contributed by atoms with Crippen molar-refractivity contribution in [1.82, 2.24) is 25.1 Å². The lowest BCUT2D eigenvalue weighted by Crippen LogP contribution is -2.31. The number of benzene rings is 1. The van der Waals surface area contributed by atoms with Gasteiger partial charge in [0.25, 0.3) is 0 Å². The molecule has 1 N–H and O–H groups in total. The molecular formula is C23H22F2N6. The van der Waals surface area contributed by atoms with E-state index in [2.05, 4.69) is 45.1 Å². The molecule has 1 aromatic carbocycles. The van der Waals surface area contributed by atoms with Crippen molar-refractivity contribution in [2.24, 2.45) is 0 Å². The van der Waals surface area contributed by atoms with Crippen LogP contribution in [0, 0.1) is 11.6 Å². The van der Waals surface area contributed by atoms with Gasteiger partial charge in [-0.25, -0.2) is 13.8 Å². The second-order valence-corrected chi connectivity index (χ2v) is 8.06. The van der Waals surface area contributed by atoms with E-state index in [4.69, 9.17) is 4.98 Å². The molecule has 3 aromatic heterocycles. The molecule has 1 aliphatic rings. The Morgan fingerprint density at radius 2 is 1.94 bits per heavy atom. The monoisotopic (exact) mass is 420 g/mol. The van der Waals surface area contributed by atoms with Crippen LogP contribution in [0.2, 0.25) is 0 Å². The Morgan fingerprint density at radius 1 is 1.06 bits per heavy atom. The van der Waals surface area contributed by atoms with E-state index >= 15 is 0 Å². The van der Waals surface area contributed by atoms with Crippen molar-refractivity contribution in [2.75, 3.05) is 32.1 Å². The van der Waals surface area contributed by atoms with Crippen LogP contribution in [-0.4, -0.2) is 58.3 Å². The molecule has 1 aliphatic heterocycles. The van der Waals surface area contributed by atoms with E-state index in [0.717, 1.165) is 48.4 Å². The summed E-state index contributed by atoms with van der Waals surface area (Å²) in [6.07, 6.45) is 4.72. The van der Waals surface area contributed by atoms with Crippen LogP contribution in [0.1, 0.15) is 6.42 Å². The highest BCUT2D eigenvalue weighted by Crippen LogP contribution is 2.31. The molecule has 1 fully saturated rings. The molecule has 0 bridgehead atoms. The van der Waals surface area contributed by atoms with Crippen molar-refractivity contribution in [3.05, 3.63) is 60.4 Å². The normalized spacial score (nSPS) is 16.5. The summed E-state index contributed by atoms with van der Waals surface area (Å²) in [5.41, 5.74) is 5.03. The third-order valence-corrected chi connectivity index (χ3v) is 5.89. The topological polar surface area (TPSA) is 60.9 Å². The van der Waals surface area contributed by atoms with Gasteiger partial charge in [-0.15, -0.1) is 0 Å². The molecule has 8 heteroatoms. The molecule has 0 aliphatic carbocycles. The number of fused-ring (bicyclic) bond motifs is 1. The SMILES string of the molecule is CN(C)C1CCN(c2cnc3ccc(-c4c[nH]nc4-c4ccc(F)c(F)c4)nc3c2)C1. The summed E-state index contributed by atoms with van der Waals surface area (Å²) in [4.78, 5) is 14.0. The first-order valence-electron chi connectivity index (χ1n) is 10.2. The first-order chi connectivity index (χ1) is 15.0. The van der Waals surface area contributed by atoms with Gasteiger partial charge in [0.1, 0.15) is 5.69 Å². The summed E-state index contributed by atoms with van der Waals surface area (Å²) in [6, 6.07) is 10.1. The Bertz CT molecular complexity index is 1250. The molecule has 1 atom stereocenters. The quantitative estimate of drug-likeness (QED) is 0.539. The fraction of sp³-hybridized carbons (Fsp3) is 0.261. The van der Waals surface area contributed by atoms with Crippen LogP contribution >= 0.6 is 0 Å². The van der Waals surface area contributed by atoms with Crippen molar-refractivity contribution >= 4 is 16.7 Å². The Hall–Kier alpha value is -3.39. The lowest BCUT2D eigenvalue weighted by atomic mass is 10.0. The standard InChI is InChI=1S/C23H22F2N6/c1-30(2)15-7-8-31(13-15)16-10-22-21(26-11-16)6-5-20(28-22)17-12-27-29-23(17)14-3-4-18(24)19(25)9-14/h3-6,9-12,15H,7-8,13H2,1-2H3,(H,27,29). The molecule has 0 radical (unpaired) electrons. The molecule has 0 spiro atoms. The van der Waals surface area contributed by atoms with E-state index in [1.807, 2.05) is 18.3 Å². The number of hydrogen-bond acceptors (Lipinski definition) is 5. The zero-order chi connectivity index (χ0) is 21.5. The molecule has 6 nitrogen and oxygen atoms in total. The van der Waals surface area contributed by atoms with Gasteiger partial charge in [-0.3, -0.25) is 10.1 Å². The largest absolute Gasteiger partial charge is 0.369 e. The number of aromatic nitrogens is 4. The zero-order valence-corrected chi connectivity index (χ0v) is 17.3. The molecule has 158 valence electrons. The molecule has 0 saturated carbocycles. The predicted molar refractivity (Wildman–Crippen MR) is 117 cm³/mol. The molecule has 4 heterocycles. The maximum Gasteiger partial charge on any atom is 0.159 e. The first-order valence-corrected chi connectivity index (χ1v) is 10.2. The number of nitrogens with zero attached hydrogens (tertiary/aromatic N) is 5. The summed E-state index contributed by atoms with van der Waals surface area (Å²) in [5.74, 6) is -1.80. The maximum absolute atomic E-state index is 13.7. The number of rotatable bonds is 4. The van der Waals surface area contributed by atoms with Crippen molar-refractivity contribution in [2.45, 2.75) is 12.5 Å². The van der Waals surface area contributed by atoms with Crippen LogP contribution in [-0.2, 0) is 0 Å². The summed E-state index contributed by atoms with van der Waals surface area (Å²) in [6.45, 7) is 1.94. The smallest absolute Gasteiger partial charge is 0.159 e. The Kier molecular flexibility index (Phi) is 4.86. The second kappa shape index (κ2) is 7.70. The fourth-order valence-electron chi connectivity index (χ4n) is 4.07. The first kappa shape index (κ1) is 19.6. The number of nitrogens with one attached hydrogen (secondary N) is 1. The third kappa shape index (κ3) is 3.63. The number of halogens is 2. The highest BCUT2D eigenvalue weighted by Gasteiger charge is 2.24. The predicted octanol–water partition coefficient (Wildman–Crippen LogP) is 4.11. The molecule has 1 unspecified atom stereocenters. The average molecular weight is 420 g/mol. The number of hydrogen-bond donors (Lipinski definition) is 1. The molecule has 1 saturated heterocycles. The number of H-pyrrole nitrogens is 1. The molecular weight excluding hydrogens is 398 g/mol. The lowest BCUT2D eigenvalue weighted by Gasteiger charge is -2.21. The van der Waals surface area contributed by atoms with Gasteiger partial charge in [0.2, 0.25) is 0 Å². The fourth-order valence-corrected chi connectivity index (χ4v) is 4.07. The highest BCUT2D eigenvalue weighted by atomic mass is 19.2. The number of aromatic amines is 1. The minimum Gasteiger partial charge on any atom is -0.369 e. The average Bonchev–Trinajstić information content (AvgIpc) is 3.45. The zero-order valence-electron chi connectivity index (χ0n) is 17.3. The van der Waals surface area contributed by atoms with E-state index in [1.165, 1.54) is 6.07 Å². The highest BCUT2D eigenvalue weighted by molar-refractivity contribution is 5.84. The van der Waals surface area contributed by atoms with Gasteiger partial charge in [-0.2, -0.15) is 5.10 Å². The van der Waals surface area contributed by atoms with Gasteiger partial charge in [-0.05, 0) is 56.9 Å². The van der Waals surface area contributed by atoms with Crippen LogP contribution in [0.25, 0.3) is 33.5 Å². The molecule has 0 amide bonds. The van der Waals surface area contributed by atoms with Gasteiger partial charge < -0.3 is 9.80 Å². The van der Waals surface area contributed by atoms with Crippen LogP contribution < -0.4 is 4.90 Å². The van der Waals surface area contributed by atoms with Crippen molar-refractivity contribution in [1.29, 1.82) is 0 Å². The van der Waals surface area contributed by atoms with E-state index in [0.29, 0.717) is 28.6 Å². The van der Waals surface area contributed by atoms with Gasteiger partial charge in [-0.1, -0.05) is 0 Å². The summed E-state index contributed by atoms with van der Waals surface area (Å²) in [7, 11) is 4.21. The number of pyridine rings is 2. The Balaban J connectivity index is 1.51. The maximum atomic E-state index is 13.7. The molecule has 5 rings (SSSR count). The van der Waals surface area contributed by atoms with Gasteiger partial charge >= 0.3 is 0 Å². The number of likely N-dealkylation sites (N-methyl/N-ethyl adjacent to an activating group) is 1. The van der Waals surface area contributed by atoms with E-state index in [9.17, 15) is 8.78 Å². The van der Waals surface area contributed by atoms with Crippen LogP contribution in [0.3, 0.4) is 0 Å². The Labute approximate surface area is 178 Å². The van der Waals surface area contributed by atoms with Gasteiger partial charge in [0.05, 0.1) is 28.6 Å². The minimum absolute atomic E-state index is 0.482. The minimum atomic E-state index is -0.909. The summed E-state index contributed by atoms with van der Waals surface area (Å²) in [5, 5.41) is 7.05. The second-order valence-electron chi connectivity index (χ2n) is 8.06. The molecule has 31 heavy (non-hydrogen) atoms. The van der Waals surface area contributed by atoms with Crippen LogP contribution in [0.4, 0.5) is 14.5 Å². The van der Waals surface area contributed by atoms with Gasteiger partial charge in [0, 0.05) is 36.5 Å². The summed E-state index contributed by atoms with van der Waals surface area (Å²) < 4.78 is 27.1. The number of anilines is 1. The molecule has 4 aromatic rings. The van der Waals surface area contributed by atoms with E-state index in [-0.39, 0.29) is 0 Å². The lowest BCUT2D eigenvalue weighted by molar-refractivity contribution is 0.315. The van der Waals surface area contributed by atoms with E-state index in [1.54, 1.807) is 6.20 Å².